The standard InChI is InChI=1S/C14H14ClN5/c1-3-16-12-10-8-17-20(13(10)19-14(15)18-12)11-7-5-4-6-9(11)2/h4-8H,3H2,1-2H3,(H,16,18,19). The first-order valence-corrected chi connectivity index (χ1v) is 6.79. The topological polar surface area (TPSA) is 55.6 Å². The summed E-state index contributed by atoms with van der Waals surface area (Å²) in [6.45, 7) is 4.81. The van der Waals surface area contributed by atoms with E-state index in [-0.39, 0.29) is 5.28 Å². The summed E-state index contributed by atoms with van der Waals surface area (Å²) in [6, 6.07) is 8.02. The van der Waals surface area contributed by atoms with Crippen molar-refractivity contribution in [2.45, 2.75) is 13.8 Å². The first-order chi connectivity index (χ1) is 9.70. The van der Waals surface area contributed by atoms with Gasteiger partial charge < -0.3 is 5.32 Å². The molecule has 2 aromatic heterocycles. The molecule has 3 rings (SSSR count). The molecular weight excluding hydrogens is 274 g/mol. The summed E-state index contributed by atoms with van der Waals surface area (Å²) in [4.78, 5) is 8.52. The van der Waals surface area contributed by atoms with Crippen molar-refractivity contribution in [1.29, 1.82) is 0 Å². The molecule has 0 aliphatic carbocycles. The van der Waals surface area contributed by atoms with E-state index in [2.05, 4.69) is 20.4 Å². The van der Waals surface area contributed by atoms with Gasteiger partial charge in [0.15, 0.2) is 5.65 Å². The largest absolute Gasteiger partial charge is 0.370 e. The molecular formula is C14H14ClN5. The Kier molecular flexibility index (Phi) is 3.28. The van der Waals surface area contributed by atoms with Crippen LogP contribution in [0.2, 0.25) is 5.28 Å². The van der Waals surface area contributed by atoms with Crippen LogP contribution in [0.1, 0.15) is 12.5 Å². The minimum atomic E-state index is 0.212. The lowest BCUT2D eigenvalue weighted by Crippen LogP contribution is -2.03. The lowest BCUT2D eigenvalue weighted by molar-refractivity contribution is 0.887. The molecule has 0 bridgehead atoms. The van der Waals surface area contributed by atoms with Crippen molar-refractivity contribution >= 4 is 28.5 Å². The van der Waals surface area contributed by atoms with Crippen LogP contribution in [0, 0.1) is 6.92 Å². The maximum Gasteiger partial charge on any atom is 0.226 e. The molecule has 102 valence electrons. The lowest BCUT2D eigenvalue weighted by Gasteiger charge is -2.07. The van der Waals surface area contributed by atoms with E-state index in [1.165, 1.54) is 0 Å². The van der Waals surface area contributed by atoms with E-state index in [0.29, 0.717) is 11.5 Å². The highest BCUT2D eigenvalue weighted by atomic mass is 35.5. The minimum Gasteiger partial charge on any atom is -0.370 e. The van der Waals surface area contributed by atoms with Crippen LogP contribution < -0.4 is 5.32 Å². The number of rotatable bonds is 3. The van der Waals surface area contributed by atoms with Gasteiger partial charge in [0.2, 0.25) is 5.28 Å². The summed E-state index contributed by atoms with van der Waals surface area (Å²) in [5, 5.41) is 8.68. The zero-order chi connectivity index (χ0) is 14.1. The molecule has 0 radical (unpaired) electrons. The number of hydrogen-bond donors (Lipinski definition) is 1. The zero-order valence-corrected chi connectivity index (χ0v) is 12.0. The van der Waals surface area contributed by atoms with Gasteiger partial charge in [0.25, 0.3) is 0 Å². The summed E-state index contributed by atoms with van der Waals surface area (Å²) in [5.74, 6) is 0.710. The average molecular weight is 288 g/mol. The number of nitrogens with one attached hydrogen (secondary N) is 1. The maximum atomic E-state index is 6.01. The second-order valence-electron chi connectivity index (χ2n) is 4.45. The first kappa shape index (κ1) is 12.9. The van der Waals surface area contributed by atoms with Crippen LogP contribution in [0.25, 0.3) is 16.7 Å². The number of anilines is 1. The predicted octanol–water partition coefficient (Wildman–Crippen LogP) is 3.21. The van der Waals surface area contributed by atoms with Gasteiger partial charge in [-0.25, -0.2) is 4.68 Å². The highest BCUT2D eigenvalue weighted by Gasteiger charge is 2.13. The van der Waals surface area contributed by atoms with Crippen LogP contribution in [0.15, 0.2) is 30.5 Å². The third-order valence-corrected chi connectivity index (χ3v) is 3.26. The molecule has 20 heavy (non-hydrogen) atoms. The summed E-state index contributed by atoms with van der Waals surface area (Å²) < 4.78 is 1.79. The zero-order valence-electron chi connectivity index (χ0n) is 11.3. The Morgan fingerprint density at radius 2 is 2.05 bits per heavy atom. The van der Waals surface area contributed by atoms with Crippen molar-refractivity contribution in [2.24, 2.45) is 0 Å². The van der Waals surface area contributed by atoms with Gasteiger partial charge in [-0.2, -0.15) is 15.1 Å². The maximum absolute atomic E-state index is 6.01. The van der Waals surface area contributed by atoms with E-state index >= 15 is 0 Å². The third-order valence-electron chi connectivity index (χ3n) is 3.09. The number of hydrogen-bond acceptors (Lipinski definition) is 4. The van der Waals surface area contributed by atoms with Crippen molar-refractivity contribution < 1.29 is 0 Å². The molecule has 6 heteroatoms. The van der Waals surface area contributed by atoms with Crippen molar-refractivity contribution in [2.75, 3.05) is 11.9 Å². The van der Waals surface area contributed by atoms with Crippen molar-refractivity contribution in [3.63, 3.8) is 0 Å². The Bertz CT molecular complexity index is 765. The van der Waals surface area contributed by atoms with Gasteiger partial charge in [0.1, 0.15) is 5.82 Å². The lowest BCUT2D eigenvalue weighted by atomic mass is 10.2. The quantitative estimate of drug-likeness (QED) is 0.752. The average Bonchev–Trinajstić information content (AvgIpc) is 2.83. The molecule has 0 fully saturated rings. The van der Waals surface area contributed by atoms with Gasteiger partial charge >= 0.3 is 0 Å². The van der Waals surface area contributed by atoms with E-state index in [1.54, 1.807) is 10.9 Å². The number of nitrogens with zero attached hydrogens (tertiary/aromatic N) is 4. The smallest absolute Gasteiger partial charge is 0.226 e. The van der Waals surface area contributed by atoms with E-state index in [1.807, 2.05) is 38.1 Å². The Balaban J connectivity index is 2.26. The molecule has 0 atom stereocenters. The molecule has 0 saturated heterocycles. The van der Waals surface area contributed by atoms with Crippen LogP contribution in [0.3, 0.4) is 0 Å². The van der Waals surface area contributed by atoms with Gasteiger partial charge in [0.05, 0.1) is 17.3 Å². The molecule has 0 aliphatic rings. The van der Waals surface area contributed by atoms with Crippen LogP contribution in [-0.4, -0.2) is 26.3 Å². The fourth-order valence-corrected chi connectivity index (χ4v) is 2.33. The summed E-state index contributed by atoms with van der Waals surface area (Å²) >= 11 is 6.01. The molecule has 3 aromatic rings. The van der Waals surface area contributed by atoms with Crippen LogP contribution in [0.4, 0.5) is 5.82 Å². The number of aromatic nitrogens is 4. The Hall–Kier alpha value is -2.14. The summed E-state index contributed by atoms with van der Waals surface area (Å²) in [6.07, 6.45) is 1.76. The Morgan fingerprint density at radius 3 is 2.80 bits per heavy atom. The highest BCUT2D eigenvalue weighted by molar-refractivity contribution is 6.28. The van der Waals surface area contributed by atoms with Crippen LogP contribution in [-0.2, 0) is 0 Å². The van der Waals surface area contributed by atoms with Gasteiger partial charge in [0, 0.05) is 6.54 Å². The minimum absolute atomic E-state index is 0.212. The van der Waals surface area contributed by atoms with Gasteiger partial charge in [-0.15, -0.1) is 0 Å². The second-order valence-corrected chi connectivity index (χ2v) is 4.79. The first-order valence-electron chi connectivity index (χ1n) is 6.42. The monoisotopic (exact) mass is 287 g/mol. The fourth-order valence-electron chi connectivity index (χ4n) is 2.16. The van der Waals surface area contributed by atoms with Crippen LogP contribution >= 0.6 is 11.6 Å². The summed E-state index contributed by atoms with van der Waals surface area (Å²) in [7, 11) is 0. The van der Waals surface area contributed by atoms with Crippen molar-refractivity contribution in [3.05, 3.63) is 41.3 Å². The molecule has 2 heterocycles. The number of benzene rings is 1. The normalized spacial score (nSPS) is 10.9. The van der Waals surface area contributed by atoms with Gasteiger partial charge in [-0.1, -0.05) is 18.2 Å². The Labute approximate surface area is 121 Å². The predicted molar refractivity (Wildman–Crippen MR) is 80.6 cm³/mol. The fraction of sp³-hybridized carbons (Fsp3) is 0.214. The number of fused-ring (bicyclic) bond motifs is 1. The van der Waals surface area contributed by atoms with Gasteiger partial charge in [-0.3, -0.25) is 0 Å². The SMILES string of the molecule is CCNc1nc(Cl)nc2c1cnn2-c1ccccc1C. The molecule has 0 amide bonds. The highest BCUT2D eigenvalue weighted by Crippen LogP contribution is 2.25. The van der Waals surface area contributed by atoms with Crippen molar-refractivity contribution in [1.82, 2.24) is 19.7 Å². The van der Waals surface area contributed by atoms with Crippen molar-refractivity contribution in [3.8, 4) is 5.69 Å². The molecule has 0 unspecified atom stereocenters. The van der Waals surface area contributed by atoms with E-state index in [4.69, 9.17) is 11.6 Å². The molecule has 5 nitrogen and oxygen atoms in total. The summed E-state index contributed by atoms with van der Waals surface area (Å²) in [5.41, 5.74) is 2.81. The Morgan fingerprint density at radius 1 is 1.25 bits per heavy atom. The molecule has 0 spiro atoms. The van der Waals surface area contributed by atoms with E-state index in [9.17, 15) is 0 Å². The molecule has 0 saturated carbocycles. The molecule has 0 aliphatic heterocycles. The van der Waals surface area contributed by atoms with E-state index < -0.39 is 0 Å². The number of halogens is 1. The van der Waals surface area contributed by atoms with E-state index in [0.717, 1.165) is 23.2 Å². The van der Waals surface area contributed by atoms with Gasteiger partial charge in [-0.05, 0) is 37.1 Å². The molecule has 1 N–H and O–H groups in total. The number of aryl methyl sites for hydroxylation is 1. The number of para-hydroxylation sites is 1. The van der Waals surface area contributed by atoms with Crippen LogP contribution in [0.5, 0.6) is 0 Å². The molecule has 1 aromatic carbocycles. The second kappa shape index (κ2) is 5.09. The third kappa shape index (κ3) is 2.10.